The SMILES string of the molecule is COc1ccc(/C=C2\CO[C@@H](c3cc(OC)cc(OC)c3)[C@@H]2CO)cc1. The Bertz CT molecular complexity index is 744. The van der Waals surface area contributed by atoms with E-state index in [4.69, 9.17) is 18.9 Å². The van der Waals surface area contributed by atoms with E-state index in [0.29, 0.717) is 18.1 Å². The maximum Gasteiger partial charge on any atom is 0.122 e. The van der Waals surface area contributed by atoms with Crippen LogP contribution in [0.4, 0.5) is 0 Å². The van der Waals surface area contributed by atoms with Crippen LogP contribution in [0, 0.1) is 5.92 Å². The van der Waals surface area contributed by atoms with E-state index in [1.54, 1.807) is 21.3 Å². The van der Waals surface area contributed by atoms with Crippen LogP contribution in [0.1, 0.15) is 17.2 Å². The fourth-order valence-electron chi connectivity index (χ4n) is 3.20. The average molecular weight is 356 g/mol. The zero-order valence-corrected chi connectivity index (χ0v) is 15.3. The molecule has 0 unspecified atom stereocenters. The van der Waals surface area contributed by atoms with Crippen LogP contribution >= 0.6 is 0 Å². The van der Waals surface area contributed by atoms with E-state index in [-0.39, 0.29) is 18.6 Å². The molecule has 1 N–H and O–H groups in total. The Morgan fingerprint density at radius 2 is 1.58 bits per heavy atom. The van der Waals surface area contributed by atoms with Gasteiger partial charge in [-0.2, -0.15) is 0 Å². The van der Waals surface area contributed by atoms with Gasteiger partial charge in [-0.05, 0) is 41.0 Å². The fraction of sp³-hybridized carbons (Fsp3) is 0.333. The van der Waals surface area contributed by atoms with Crippen molar-refractivity contribution in [2.45, 2.75) is 6.10 Å². The lowest BCUT2D eigenvalue weighted by Crippen LogP contribution is -2.13. The van der Waals surface area contributed by atoms with Gasteiger partial charge in [-0.25, -0.2) is 0 Å². The molecule has 0 aromatic heterocycles. The predicted octanol–water partition coefficient (Wildman–Crippen LogP) is 3.48. The fourth-order valence-corrected chi connectivity index (χ4v) is 3.20. The van der Waals surface area contributed by atoms with Crippen LogP contribution < -0.4 is 14.2 Å². The molecule has 138 valence electrons. The largest absolute Gasteiger partial charge is 0.497 e. The molecule has 5 heteroatoms. The third-order valence-electron chi connectivity index (χ3n) is 4.64. The first kappa shape index (κ1) is 18.3. The topological polar surface area (TPSA) is 57.2 Å². The van der Waals surface area contributed by atoms with Crippen LogP contribution in [0.2, 0.25) is 0 Å². The van der Waals surface area contributed by atoms with Crippen molar-refractivity contribution in [3.8, 4) is 17.2 Å². The summed E-state index contributed by atoms with van der Waals surface area (Å²) in [4.78, 5) is 0. The third kappa shape index (κ3) is 3.84. The number of methoxy groups -OCH3 is 3. The molecule has 0 amide bonds. The summed E-state index contributed by atoms with van der Waals surface area (Å²) in [6.07, 6.45) is 1.83. The van der Waals surface area contributed by atoms with Gasteiger partial charge in [-0.1, -0.05) is 18.2 Å². The van der Waals surface area contributed by atoms with Gasteiger partial charge in [-0.15, -0.1) is 0 Å². The monoisotopic (exact) mass is 356 g/mol. The summed E-state index contributed by atoms with van der Waals surface area (Å²) in [6.45, 7) is 0.480. The maximum absolute atomic E-state index is 9.98. The zero-order chi connectivity index (χ0) is 18.5. The van der Waals surface area contributed by atoms with E-state index in [2.05, 4.69) is 6.08 Å². The Kier molecular flexibility index (Phi) is 5.81. The Labute approximate surface area is 153 Å². The van der Waals surface area contributed by atoms with Gasteiger partial charge in [0.2, 0.25) is 0 Å². The van der Waals surface area contributed by atoms with Crippen LogP contribution in [-0.4, -0.2) is 39.6 Å². The molecule has 1 saturated heterocycles. The molecular weight excluding hydrogens is 332 g/mol. The number of ether oxygens (including phenoxy) is 4. The molecule has 0 saturated carbocycles. The van der Waals surface area contributed by atoms with Crippen molar-refractivity contribution in [3.63, 3.8) is 0 Å². The van der Waals surface area contributed by atoms with Crippen molar-refractivity contribution in [1.82, 2.24) is 0 Å². The van der Waals surface area contributed by atoms with Crippen LogP contribution in [0.15, 0.2) is 48.0 Å². The molecule has 1 fully saturated rings. The summed E-state index contributed by atoms with van der Waals surface area (Å²) in [6, 6.07) is 13.5. The highest BCUT2D eigenvalue weighted by molar-refractivity contribution is 5.56. The van der Waals surface area contributed by atoms with E-state index < -0.39 is 0 Å². The van der Waals surface area contributed by atoms with E-state index in [1.807, 2.05) is 42.5 Å². The molecule has 0 radical (unpaired) electrons. The van der Waals surface area contributed by atoms with Crippen molar-refractivity contribution in [3.05, 3.63) is 59.2 Å². The smallest absolute Gasteiger partial charge is 0.122 e. The summed E-state index contributed by atoms with van der Waals surface area (Å²) in [7, 11) is 4.88. The minimum atomic E-state index is -0.242. The van der Waals surface area contributed by atoms with Gasteiger partial charge in [0, 0.05) is 12.0 Å². The maximum atomic E-state index is 9.98. The van der Waals surface area contributed by atoms with Gasteiger partial charge in [0.05, 0.1) is 40.6 Å². The summed E-state index contributed by atoms with van der Waals surface area (Å²) < 4.78 is 21.9. The molecule has 2 atom stereocenters. The second-order valence-electron chi connectivity index (χ2n) is 6.16. The van der Waals surface area contributed by atoms with E-state index >= 15 is 0 Å². The van der Waals surface area contributed by atoms with Gasteiger partial charge in [0.15, 0.2) is 0 Å². The highest BCUT2D eigenvalue weighted by Crippen LogP contribution is 2.41. The van der Waals surface area contributed by atoms with E-state index in [0.717, 1.165) is 22.4 Å². The second-order valence-corrected chi connectivity index (χ2v) is 6.16. The lowest BCUT2D eigenvalue weighted by molar-refractivity contribution is 0.0718. The Balaban J connectivity index is 1.88. The Morgan fingerprint density at radius 3 is 2.12 bits per heavy atom. The van der Waals surface area contributed by atoms with Crippen LogP contribution in [0.25, 0.3) is 6.08 Å². The van der Waals surface area contributed by atoms with Crippen molar-refractivity contribution < 1.29 is 24.1 Å². The number of hydrogen-bond acceptors (Lipinski definition) is 5. The molecule has 0 spiro atoms. The first-order valence-electron chi connectivity index (χ1n) is 8.48. The molecule has 26 heavy (non-hydrogen) atoms. The molecule has 5 nitrogen and oxygen atoms in total. The van der Waals surface area contributed by atoms with Crippen LogP contribution in [0.3, 0.4) is 0 Å². The molecule has 1 aliphatic rings. The first-order chi connectivity index (χ1) is 12.7. The summed E-state index contributed by atoms with van der Waals surface area (Å²) >= 11 is 0. The molecule has 3 rings (SSSR count). The molecular formula is C21H24O5. The normalized spacial score (nSPS) is 21.0. The van der Waals surface area contributed by atoms with E-state index in [1.165, 1.54) is 0 Å². The lowest BCUT2D eigenvalue weighted by Gasteiger charge is -2.19. The van der Waals surface area contributed by atoms with Crippen LogP contribution in [-0.2, 0) is 4.74 Å². The summed E-state index contributed by atoms with van der Waals surface area (Å²) in [5.74, 6) is 2.10. The molecule has 1 heterocycles. The highest BCUT2D eigenvalue weighted by Gasteiger charge is 2.33. The van der Waals surface area contributed by atoms with Crippen molar-refractivity contribution in [2.75, 3.05) is 34.5 Å². The van der Waals surface area contributed by atoms with Gasteiger partial charge >= 0.3 is 0 Å². The van der Waals surface area contributed by atoms with Gasteiger partial charge in [0.1, 0.15) is 17.2 Å². The van der Waals surface area contributed by atoms with E-state index in [9.17, 15) is 5.11 Å². The number of aliphatic hydroxyl groups is 1. The number of hydrogen-bond donors (Lipinski definition) is 1. The number of aliphatic hydroxyl groups excluding tert-OH is 1. The van der Waals surface area contributed by atoms with Crippen molar-refractivity contribution >= 4 is 6.08 Å². The quantitative estimate of drug-likeness (QED) is 0.859. The minimum absolute atomic E-state index is 0.00613. The molecule has 1 aliphatic heterocycles. The lowest BCUT2D eigenvalue weighted by atomic mass is 9.91. The highest BCUT2D eigenvalue weighted by atomic mass is 16.5. The first-order valence-corrected chi connectivity index (χ1v) is 8.48. The second kappa shape index (κ2) is 8.25. The molecule has 2 aromatic rings. The third-order valence-corrected chi connectivity index (χ3v) is 4.64. The van der Waals surface area contributed by atoms with Gasteiger partial charge < -0.3 is 24.1 Å². The zero-order valence-electron chi connectivity index (χ0n) is 15.3. The summed E-state index contributed by atoms with van der Waals surface area (Å²) in [5.41, 5.74) is 3.04. The molecule has 0 aliphatic carbocycles. The predicted molar refractivity (Wildman–Crippen MR) is 99.8 cm³/mol. The van der Waals surface area contributed by atoms with Crippen LogP contribution in [0.5, 0.6) is 17.2 Å². The van der Waals surface area contributed by atoms with Crippen molar-refractivity contribution in [1.29, 1.82) is 0 Å². The standard InChI is InChI=1S/C21H24O5/c1-23-17-6-4-14(5-7-17)8-16-13-26-21(20(16)12-22)15-9-18(24-2)11-19(10-15)25-3/h4-11,20-22H,12-13H2,1-3H3/b16-8+/t20-,21+/m1/s1. The average Bonchev–Trinajstić information content (AvgIpc) is 3.10. The Morgan fingerprint density at radius 1 is 0.962 bits per heavy atom. The molecule has 0 bridgehead atoms. The number of rotatable bonds is 6. The van der Waals surface area contributed by atoms with Gasteiger partial charge in [0.25, 0.3) is 0 Å². The molecule has 2 aromatic carbocycles. The number of benzene rings is 2. The summed E-state index contributed by atoms with van der Waals surface area (Å²) in [5, 5.41) is 9.98. The Hall–Kier alpha value is -2.50. The van der Waals surface area contributed by atoms with Gasteiger partial charge in [-0.3, -0.25) is 0 Å². The minimum Gasteiger partial charge on any atom is -0.497 e. The van der Waals surface area contributed by atoms with Crippen molar-refractivity contribution in [2.24, 2.45) is 5.92 Å².